The maximum absolute atomic E-state index is 6.35. The van der Waals surface area contributed by atoms with Crippen LogP contribution in [-0.4, -0.2) is 14.7 Å². The maximum atomic E-state index is 6.35. The molecule has 0 radical (unpaired) electrons. The molecule has 0 bridgehead atoms. The van der Waals surface area contributed by atoms with Gasteiger partial charge in [-0.3, -0.25) is 0 Å². The Morgan fingerprint density at radius 2 is 1.77 bits per heavy atom. The summed E-state index contributed by atoms with van der Waals surface area (Å²) in [6.07, 6.45) is 1.69. The summed E-state index contributed by atoms with van der Waals surface area (Å²) in [5.41, 5.74) is 2.89. The summed E-state index contributed by atoms with van der Waals surface area (Å²) >= 11 is 18.6. The second-order valence-electron chi connectivity index (χ2n) is 5.56. The van der Waals surface area contributed by atoms with Crippen LogP contribution in [0.15, 0.2) is 60.8 Å². The summed E-state index contributed by atoms with van der Waals surface area (Å²) in [6.45, 7) is 0.244. The van der Waals surface area contributed by atoms with Crippen molar-refractivity contribution in [3.05, 3.63) is 81.4 Å². The highest BCUT2D eigenvalue weighted by Crippen LogP contribution is 2.29. The molecule has 0 saturated heterocycles. The van der Waals surface area contributed by atoms with E-state index in [1.165, 1.54) is 0 Å². The number of benzene rings is 2. The standard InChI is InChI=1S/C19H12Cl3N3O/c20-13-8-7-12(16(22)10-13)11-26-25-17-6-3-9-23-18(17)24-19(25)14-4-1-2-5-15(14)21/h1-10H,11H2. The van der Waals surface area contributed by atoms with Crippen molar-refractivity contribution in [3.8, 4) is 11.4 Å². The van der Waals surface area contributed by atoms with Gasteiger partial charge in [-0.1, -0.05) is 53.0 Å². The monoisotopic (exact) mass is 403 g/mol. The fraction of sp³-hybridized carbons (Fsp3) is 0.0526. The highest BCUT2D eigenvalue weighted by molar-refractivity contribution is 6.35. The number of rotatable bonds is 4. The molecule has 4 nitrogen and oxygen atoms in total. The fourth-order valence-corrected chi connectivity index (χ4v) is 3.29. The number of fused-ring (bicyclic) bond motifs is 1. The minimum absolute atomic E-state index is 0.244. The number of pyridine rings is 1. The number of nitrogens with zero attached hydrogens (tertiary/aromatic N) is 3. The van der Waals surface area contributed by atoms with E-state index in [0.717, 1.165) is 16.6 Å². The molecule has 0 amide bonds. The average molecular weight is 405 g/mol. The highest BCUT2D eigenvalue weighted by atomic mass is 35.5. The Bertz CT molecular complexity index is 1090. The van der Waals surface area contributed by atoms with Gasteiger partial charge in [-0.25, -0.2) is 9.97 Å². The lowest BCUT2D eigenvalue weighted by Crippen LogP contribution is -2.13. The predicted molar refractivity (Wildman–Crippen MR) is 105 cm³/mol. The lowest BCUT2D eigenvalue weighted by Gasteiger charge is -2.12. The molecule has 0 aliphatic carbocycles. The van der Waals surface area contributed by atoms with Crippen molar-refractivity contribution in [2.24, 2.45) is 0 Å². The molecular weight excluding hydrogens is 393 g/mol. The molecule has 0 aliphatic heterocycles. The average Bonchev–Trinajstić information content (AvgIpc) is 3.00. The van der Waals surface area contributed by atoms with E-state index < -0.39 is 0 Å². The maximum Gasteiger partial charge on any atom is 0.181 e. The van der Waals surface area contributed by atoms with Crippen LogP contribution in [0.2, 0.25) is 15.1 Å². The van der Waals surface area contributed by atoms with Crippen LogP contribution in [0.1, 0.15) is 5.56 Å². The third-order valence-electron chi connectivity index (χ3n) is 3.87. The summed E-state index contributed by atoms with van der Waals surface area (Å²) in [5, 5.41) is 1.70. The van der Waals surface area contributed by atoms with Crippen LogP contribution in [0.3, 0.4) is 0 Å². The van der Waals surface area contributed by atoms with Gasteiger partial charge in [0.15, 0.2) is 11.5 Å². The van der Waals surface area contributed by atoms with E-state index in [4.69, 9.17) is 39.6 Å². The molecule has 4 rings (SSSR count). The third kappa shape index (κ3) is 3.23. The number of halogens is 3. The van der Waals surface area contributed by atoms with E-state index >= 15 is 0 Å². The van der Waals surface area contributed by atoms with E-state index in [1.807, 2.05) is 42.5 Å². The molecule has 0 aliphatic rings. The first-order chi connectivity index (χ1) is 12.6. The third-order valence-corrected chi connectivity index (χ3v) is 4.78. The molecule has 4 aromatic rings. The zero-order chi connectivity index (χ0) is 18.1. The van der Waals surface area contributed by atoms with Crippen molar-refractivity contribution >= 4 is 46.0 Å². The zero-order valence-corrected chi connectivity index (χ0v) is 15.6. The second kappa shape index (κ2) is 7.16. The molecule has 0 saturated carbocycles. The molecule has 0 unspecified atom stereocenters. The van der Waals surface area contributed by atoms with Crippen LogP contribution in [0.25, 0.3) is 22.6 Å². The number of imidazole rings is 1. The smallest absolute Gasteiger partial charge is 0.181 e. The molecule has 0 spiro atoms. The van der Waals surface area contributed by atoms with Crippen LogP contribution >= 0.6 is 34.8 Å². The van der Waals surface area contributed by atoms with Crippen LogP contribution in [-0.2, 0) is 6.61 Å². The lowest BCUT2D eigenvalue weighted by atomic mass is 10.2. The Kier molecular flexibility index (Phi) is 4.72. The summed E-state index contributed by atoms with van der Waals surface area (Å²) in [7, 11) is 0. The van der Waals surface area contributed by atoms with Gasteiger partial charge in [0, 0.05) is 27.4 Å². The topological polar surface area (TPSA) is 39.9 Å². The van der Waals surface area contributed by atoms with Crippen LogP contribution in [0.5, 0.6) is 0 Å². The van der Waals surface area contributed by atoms with Gasteiger partial charge in [-0.15, -0.1) is 0 Å². The molecule has 130 valence electrons. The van der Waals surface area contributed by atoms with Gasteiger partial charge in [0.25, 0.3) is 0 Å². The van der Waals surface area contributed by atoms with E-state index in [0.29, 0.717) is 26.5 Å². The van der Waals surface area contributed by atoms with Gasteiger partial charge in [0.05, 0.1) is 5.02 Å². The largest absolute Gasteiger partial charge is 0.407 e. The van der Waals surface area contributed by atoms with Crippen LogP contribution < -0.4 is 4.84 Å². The zero-order valence-electron chi connectivity index (χ0n) is 13.4. The SMILES string of the molecule is Clc1ccc(COn2c(-c3ccccc3Cl)nc3ncccc32)c(Cl)c1. The lowest BCUT2D eigenvalue weighted by molar-refractivity contribution is 0.110. The second-order valence-corrected chi connectivity index (χ2v) is 6.82. The fourth-order valence-electron chi connectivity index (χ4n) is 2.61. The van der Waals surface area contributed by atoms with Crippen molar-refractivity contribution < 1.29 is 4.84 Å². The molecule has 0 atom stereocenters. The Labute approximate surface area is 164 Å². The minimum Gasteiger partial charge on any atom is -0.407 e. The quantitative estimate of drug-likeness (QED) is 0.439. The van der Waals surface area contributed by atoms with Gasteiger partial charge in [-0.2, -0.15) is 4.73 Å². The molecule has 2 aromatic carbocycles. The molecule has 2 heterocycles. The summed E-state index contributed by atoms with van der Waals surface area (Å²) in [6, 6.07) is 16.5. The molecule has 2 aromatic heterocycles. The number of aromatic nitrogens is 3. The Morgan fingerprint density at radius 1 is 0.923 bits per heavy atom. The number of hydrogen-bond acceptors (Lipinski definition) is 3. The van der Waals surface area contributed by atoms with Gasteiger partial charge < -0.3 is 4.84 Å². The first-order valence-electron chi connectivity index (χ1n) is 7.79. The molecule has 7 heteroatoms. The van der Waals surface area contributed by atoms with Crippen molar-refractivity contribution in [1.29, 1.82) is 0 Å². The first-order valence-corrected chi connectivity index (χ1v) is 8.92. The Hall–Kier alpha value is -2.27. The van der Waals surface area contributed by atoms with Crippen molar-refractivity contribution in [2.45, 2.75) is 6.61 Å². The van der Waals surface area contributed by atoms with Crippen molar-refractivity contribution in [3.63, 3.8) is 0 Å². The summed E-state index contributed by atoms with van der Waals surface area (Å²) < 4.78 is 1.63. The Balaban J connectivity index is 1.78. The minimum atomic E-state index is 0.244. The van der Waals surface area contributed by atoms with Crippen LogP contribution in [0.4, 0.5) is 0 Å². The van der Waals surface area contributed by atoms with E-state index in [2.05, 4.69) is 9.97 Å². The predicted octanol–water partition coefficient (Wildman–Crippen LogP) is 5.69. The van der Waals surface area contributed by atoms with Crippen LogP contribution in [0, 0.1) is 0 Å². The van der Waals surface area contributed by atoms with Gasteiger partial charge in [0.2, 0.25) is 0 Å². The van der Waals surface area contributed by atoms with Crippen molar-refractivity contribution in [2.75, 3.05) is 0 Å². The summed E-state index contributed by atoms with van der Waals surface area (Å²) in [4.78, 5) is 14.9. The molecule has 0 N–H and O–H groups in total. The van der Waals surface area contributed by atoms with Gasteiger partial charge in [0.1, 0.15) is 12.1 Å². The van der Waals surface area contributed by atoms with E-state index in [-0.39, 0.29) is 6.61 Å². The van der Waals surface area contributed by atoms with Gasteiger partial charge >= 0.3 is 0 Å². The van der Waals surface area contributed by atoms with E-state index in [9.17, 15) is 0 Å². The Morgan fingerprint density at radius 3 is 2.58 bits per heavy atom. The first kappa shape index (κ1) is 17.2. The van der Waals surface area contributed by atoms with Gasteiger partial charge in [-0.05, 0) is 36.4 Å². The van der Waals surface area contributed by atoms with Crippen molar-refractivity contribution in [1.82, 2.24) is 14.7 Å². The molecular formula is C19H12Cl3N3O. The normalized spacial score (nSPS) is 11.0. The number of hydrogen-bond donors (Lipinski definition) is 0. The highest BCUT2D eigenvalue weighted by Gasteiger charge is 2.17. The molecule has 0 fully saturated rings. The van der Waals surface area contributed by atoms with E-state index in [1.54, 1.807) is 23.1 Å². The molecule has 26 heavy (non-hydrogen) atoms. The summed E-state index contributed by atoms with van der Waals surface area (Å²) in [5.74, 6) is 0.578.